The highest BCUT2D eigenvalue weighted by Crippen LogP contribution is 2.33. The third-order valence-corrected chi connectivity index (χ3v) is 4.02. The van der Waals surface area contributed by atoms with Crippen molar-refractivity contribution in [3.63, 3.8) is 0 Å². The Kier molecular flexibility index (Phi) is 4.11. The van der Waals surface area contributed by atoms with Gasteiger partial charge in [0.15, 0.2) is 16.7 Å². The van der Waals surface area contributed by atoms with Crippen molar-refractivity contribution in [2.24, 2.45) is 10.1 Å². The number of aliphatic imine (C=N–C) groups is 1. The Balaban J connectivity index is 1.68. The molecule has 0 saturated carbocycles. The van der Waals surface area contributed by atoms with E-state index in [9.17, 15) is 0 Å². The lowest BCUT2D eigenvalue weighted by atomic mass is 10.1. The fourth-order valence-electron chi connectivity index (χ4n) is 1.96. The first-order chi connectivity index (χ1) is 9.86. The van der Waals surface area contributed by atoms with Gasteiger partial charge in [0.05, 0.1) is 5.71 Å². The number of hydrogen-bond donors (Lipinski definition) is 1. The number of rotatable bonds is 4. The topological polar surface area (TPSA) is 55.2 Å². The molecule has 0 spiro atoms. The van der Waals surface area contributed by atoms with Crippen LogP contribution in [0.4, 0.5) is 0 Å². The molecule has 2 heterocycles. The summed E-state index contributed by atoms with van der Waals surface area (Å²) < 4.78 is 10.7. The number of fused-ring (bicyclic) bond motifs is 1. The van der Waals surface area contributed by atoms with Crippen LogP contribution in [-0.4, -0.2) is 30.0 Å². The molecule has 0 atom stereocenters. The van der Waals surface area contributed by atoms with E-state index < -0.39 is 0 Å². The second-order valence-corrected chi connectivity index (χ2v) is 5.53. The van der Waals surface area contributed by atoms with Crippen molar-refractivity contribution in [3.05, 3.63) is 23.8 Å². The quantitative estimate of drug-likeness (QED) is 0.866. The minimum absolute atomic E-state index is 0.298. The van der Waals surface area contributed by atoms with E-state index in [2.05, 4.69) is 22.4 Å². The molecular weight excluding hydrogens is 274 g/mol. The summed E-state index contributed by atoms with van der Waals surface area (Å²) in [6, 6.07) is 5.91. The SMILES string of the molecule is CCCCN=C1NN=C(c2ccc3c(c2)OCO3)CS1. The molecule has 0 amide bonds. The highest BCUT2D eigenvalue weighted by Gasteiger charge is 2.17. The first-order valence-electron chi connectivity index (χ1n) is 6.76. The van der Waals surface area contributed by atoms with Crippen LogP contribution in [0.5, 0.6) is 11.5 Å². The number of hydrogen-bond acceptors (Lipinski definition) is 5. The van der Waals surface area contributed by atoms with Crippen molar-refractivity contribution in [3.8, 4) is 11.5 Å². The van der Waals surface area contributed by atoms with Gasteiger partial charge in [0, 0.05) is 17.9 Å². The maximum Gasteiger partial charge on any atom is 0.231 e. The molecule has 0 unspecified atom stereocenters. The van der Waals surface area contributed by atoms with Gasteiger partial charge < -0.3 is 9.47 Å². The second-order valence-electron chi connectivity index (χ2n) is 4.57. The normalized spacial score (nSPS) is 18.9. The Morgan fingerprint density at radius 1 is 1.35 bits per heavy atom. The molecule has 106 valence electrons. The molecule has 0 bridgehead atoms. The molecule has 2 aliphatic heterocycles. The summed E-state index contributed by atoms with van der Waals surface area (Å²) in [7, 11) is 0. The van der Waals surface area contributed by atoms with Gasteiger partial charge in [-0.05, 0) is 24.6 Å². The number of nitrogens with zero attached hydrogens (tertiary/aromatic N) is 2. The third kappa shape index (κ3) is 2.90. The Labute approximate surface area is 122 Å². The molecular formula is C14H17N3O2S. The van der Waals surface area contributed by atoms with Crippen LogP contribution in [0.25, 0.3) is 0 Å². The molecule has 1 aromatic rings. The number of amidine groups is 1. The van der Waals surface area contributed by atoms with E-state index in [0.29, 0.717) is 6.79 Å². The number of hydrazone groups is 1. The molecule has 3 rings (SSSR count). The summed E-state index contributed by atoms with van der Waals surface area (Å²) in [6.45, 7) is 3.32. The fraction of sp³-hybridized carbons (Fsp3) is 0.429. The summed E-state index contributed by atoms with van der Waals surface area (Å²) in [5, 5.41) is 5.31. The molecule has 20 heavy (non-hydrogen) atoms. The van der Waals surface area contributed by atoms with Crippen LogP contribution < -0.4 is 14.9 Å². The Bertz CT molecular complexity index is 557. The lowest BCUT2D eigenvalue weighted by Gasteiger charge is -2.15. The molecule has 0 radical (unpaired) electrons. The molecule has 0 aliphatic carbocycles. The lowest BCUT2D eigenvalue weighted by molar-refractivity contribution is 0.174. The number of ether oxygens (including phenoxy) is 2. The molecule has 2 aliphatic rings. The van der Waals surface area contributed by atoms with Gasteiger partial charge in [-0.15, -0.1) is 0 Å². The van der Waals surface area contributed by atoms with Crippen molar-refractivity contribution in [2.45, 2.75) is 19.8 Å². The Morgan fingerprint density at radius 2 is 2.25 bits per heavy atom. The zero-order valence-electron chi connectivity index (χ0n) is 11.4. The van der Waals surface area contributed by atoms with E-state index >= 15 is 0 Å². The van der Waals surface area contributed by atoms with E-state index in [1.807, 2.05) is 18.2 Å². The second kappa shape index (κ2) is 6.17. The Morgan fingerprint density at radius 3 is 3.05 bits per heavy atom. The van der Waals surface area contributed by atoms with Crippen molar-refractivity contribution < 1.29 is 9.47 Å². The minimum Gasteiger partial charge on any atom is -0.454 e. The lowest BCUT2D eigenvalue weighted by Crippen LogP contribution is -2.25. The summed E-state index contributed by atoms with van der Waals surface area (Å²) in [6.07, 6.45) is 2.28. The summed E-state index contributed by atoms with van der Waals surface area (Å²) in [5.41, 5.74) is 5.08. The van der Waals surface area contributed by atoms with Gasteiger partial charge in [-0.25, -0.2) is 0 Å². The highest BCUT2D eigenvalue weighted by atomic mass is 32.2. The van der Waals surface area contributed by atoms with Crippen molar-refractivity contribution in [1.29, 1.82) is 0 Å². The van der Waals surface area contributed by atoms with Gasteiger partial charge in [0.1, 0.15) is 0 Å². The summed E-state index contributed by atoms with van der Waals surface area (Å²) >= 11 is 1.69. The number of unbranched alkanes of at least 4 members (excludes halogenated alkanes) is 1. The third-order valence-electron chi connectivity index (χ3n) is 3.10. The molecule has 1 N–H and O–H groups in total. The average molecular weight is 291 g/mol. The average Bonchev–Trinajstić information content (AvgIpc) is 2.96. The molecule has 1 aromatic carbocycles. The van der Waals surface area contributed by atoms with E-state index in [-0.39, 0.29) is 0 Å². The molecule has 0 aromatic heterocycles. The van der Waals surface area contributed by atoms with Crippen LogP contribution in [0.15, 0.2) is 28.3 Å². The summed E-state index contributed by atoms with van der Waals surface area (Å²) in [4.78, 5) is 4.48. The van der Waals surface area contributed by atoms with Gasteiger partial charge in [-0.3, -0.25) is 10.4 Å². The zero-order valence-corrected chi connectivity index (χ0v) is 12.2. The van der Waals surface area contributed by atoms with Crippen LogP contribution in [-0.2, 0) is 0 Å². The summed E-state index contributed by atoms with van der Waals surface area (Å²) in [5.74, 6) is 2.41. The number of nitrogens with one attached hydrogen (secondary N) is 1. The fourth-order valence-corrected chi connectivity index (χ4v) is 2.76. The first kappa shape index (κ1) is 13.3. The van der Waals surface area contributed by atoms with Gasteiger partial charge in [0.25, 0.3) is 0 Å². The number of thioether (sulfide) groups is 1. The van der Waals surface area contributed by atoms with Gasteiger partial charge in [-0.2, -0.15) is 5.10 Å². The van der Waals surface area contributed by atoms with Crippen LogP contribution in [0.3, 0.4) is 0 Å². The van der Waals surface area contributed by atoms with Crippen molar-refractivity contribution >= 4 is 22.6 Å². The molecule has 6 heteroatoms. The molecule has 0 fully saturated rings. The van der Waals surface area contributed by atoms with Gasteiger partial charge >= 0.3 is 0 Å². The smallest absolute Gasteiger partial charge is 0.231 e. The first-order valence-corrected chi connectivity index (χ1v) is 7.75. The molecule has 0 saturated heterocycles. The van der Waals surface area contributed by atoms with Crippen LogP contribution in [0.2, 0.25) is 0 Å². The minimum atomic E-state index is 0.298. The van der Waals surface area contributed by atoms with Gasteiger partial charge in [-0.1, -0.05) is 25.1 Å². The predicted octanol–water partition coefficient (Wildman–Crippen LogP) is 2.61. The van der Waals surface area contributed by atoms with Crippen LogP contribution in [0, 0.1) is 0 Å². The maximum atomic E-state index is 5.39. The highest BCUT2D eigenvalue weighted by molar-refractivity contribution is 8.14. The number of benzene rings is 1. The predicted molar refractivity (Wildman–Crippen MR) is 81.9 cm³/mol. The van der Waals surface area contributed by atoms with Crippen molar-refractivity contribution in [1.82, 2.24) is 5.43 Å². The standard InChI is InChI=1S/C14H17N3O2S/c1-2-3-6-15-14-17-16-11(8-20-14)10-4-5-12-13(7-10)19-9-18-12/h4-5,7H,2-3,6,8-9H2,1H3,(H,15,17). The largest absolute Gasteiger partial charge is 0.454 e. The van der Waals surface area contributed by atoms with E-state index in [0.717, 1.165) is 53.1 Å². The van der Waals surface area contributed by atoms with Crippen LogP contribution in [0.1, 0.15) is 25.3 Å². The molecule has 5 nitrogen and oxygen atoms in total. The monoisotopic (exact) mass is 291 g/mol. The van der Waals surface area contributed by atoms with E-state index in [1.165, 1.54) is 0 Å². The van der Waals surface area contributed by atoms with Gasteiger partial charge in [0.2, 0.25) is 6.79 Å². The zero-order chi connectivity index (χ0) is 13.8. The van der Waals surface area contributed by atoms with E-state index in [1.54, 1.807) is 11.8 Å². The van der Waals surface area contributed by atoms with Crippen molar-refractivity contribution in [2.75, 3.05) is 19.1 Å². The maximum absolute atomic E-state index is 5.39. The Hall–Kier alpha value is -1.69. The van der Waals surface area contributed by atoms with E-state index in [4.69, 9.17) is 9.47 Å². The van der Waals surface area contributed by atoms with Crippen LogP contribution >= 0.6 is 11.8 Å².